The van der Waals surface area contributed by atoms with E-state index in [9.17, 15) is 4.79 Å². The van der Waals surface area contributed by atoms with Crippen molar-refractivity contribution in [1.82, 2.24) is 10.3 Å². The van der Waals surface area contributed by atoms with Crippen LogP contribution in [0, 0.1) is 0 Å². The number of benzene rings is 1. The van der Waals surface area contributed by atoms with Crippen LogP contribution in [0.4, 0.5) is 21.3 Å². The van der Waals surface area contributed by atoms with E-state index in [-0.39, 0.29) is 6.03 Å². The second kappa shape index (κ2) is 7.82. The summed E-state index contributed by atoms with van der Waals surface area (Å²) in [6.45, 7) is 3.34. The number of amides is 2. The molecule has 2 N–H and O–H groups in total. The van der Waals surface area contributed by atoms with Gasteiger partial charge in [-0.05, 0) is 19.1 Å². The highest BCUT2D eigenvalue weighted by atomic mass is 32.1. The van der Waals surface area contributed by atoms with Gasteiger partial charge in [-0.15, -0.1) is 11.3 Å². The molecule has 1 heterocycles. The fraction of sp³-hybridized carbons (Fsp3) is 0.375. The molecule has 0 aliphatic heterocycles. The number of para-hydroxylation sites is 2. The Morgan fingerprint density at radius 1 is 1.26 bits per heavy atom. The Labute approximate surface area is 141 Å². The SMILES string of the molecule is CCN(C)c1ccccc1NC(=O)NCc1csc(N(C)C)n1. The van der Waals surface area contributed by atoms with Gasteiger partial charge in [0.15, 0.2) is 5.13 Å². The molecule has 0 atom stereocenters. The van der Waals surface area contributed by atoms with Crippen LogP contribution < -0.4 is 20.4 Å². The summed E-state index contributed by atoms with van der Waals surface area (Å²) in [5, 5.41) is 8.62. The van der Waals surface area contributed by atoms with Crippen LogP contribution in [0.5, 0.6) is 0 Å². The molecule has 1 aromatic carbocycles. The molecule has 0 saturated carbocycles. The summed E-state index contributed by atoms with van der Waals surface area (Å²) >= 11 is 1.56. The number of nitrogens with zero attached hydrogens (tertiary/aromatic N) is 3. The molecule has 0 saturated heterocycles. The van der Waals surface area contributed by atoms with Crippen molar-refractivity contribution in [3.8, 4) is 0 Å². The van der Waals surface area contributed by atoms with E-state index >= 15 is 0 Å². The lowest BCUT2D eigenvalue weighted by atomic mass is 10.2. The highest BCUT2D eigenvalue weighted by Crippen LogP contribution is 2.24. The van der Waals surface area contributed by atoms with Gasteiger partial charge in [0, 0.05) is 33.1 Å². The molecule has 0 aliphatic carbocycles. The molecule has 124 valence electrons. The highest BCUT2D eigenvalue weighted by molar-refractivity contribution is 7.13. The molecule has 0 spiro atoms. The summed E-state index contributed by atoms with van der Waals surface area (Å²) in [6, 6.07) is 7.52. The van der Waals surface area contributed by atoms with Crippen LogP contribution in [0.3, 0.4) is 0 Å². The summed E-state index contributed by atoms with van der Waals surface area (Å²) in [6.07, 6.45) is 0. The van der Waals surface area contributed by atoms with Crippen molar-refractivity contribution < 1.29 is 4.79 Å². The van der Waals surface area contributed by atoms with Gasteiger partial charge in [-0.25, -0.2) is 9.78 Å². The number of carbonyl (C=O) groups is 1. The van der Waals surface area contributed by atoms with Gasteiger partial charge in [0.25, 0.3) is 0 Å². The van der Waals surface area contributed by atoms with E-state index in [1.54, 1.807) is 11.3 Å². The van der Waals surface area contributed by atoms with Gasteiger partial charge >= 0.3 is 6.03 Å². The third-order valence-electron chi connectivity index (χ3n) is 3.39. The summed E-state index contributed by atoms with van der Waals surface area (Å²) < 4.78 is 0. The largest absolute Gasteiger partial charge is 0.373 e. The predicted molar refractivity (Wildman–Crippen MR) is 97.7 cm³/mol. The lowest BCUT2D eigenvalue weighted by molar-refractivity contribution is 0.251. The second-order valence-electron chi connectivity index (χ2n) is 5.35. The highest BCUT2D eigenvalue weighted by Gasteiger charge is 2.10. The Bertz CT molecular complexity index is 655. The number of rotatable bonds is 6. The summed E-state index contributed by atoms with van der Waals surface area (Å²) in [5.74, 6) is 0. The van der Waals surface area contributed by atoms with Crippen molar-refractivity contribution in [2.24, 2.45) is 0 Å². The van der Waals surface area contributed by atoms with E-state index in [0.717, 1.165) is 28.7 Å². The summed E-state index contributed by atoms with van der Waals surface area (Å²) in [4.78, 5) is 20.6. The minimum Gasteiger partial charge on any atom is -0.373 e. The van der Waals surface area contributed by atoms with E-state index in [1.165, 1.54) is 0 Å². The fourth-order valence-corrected chi connectivity index (χ4v) is 2.76. The Hall–Kier alpha value is -2.28. The topological polar surface area (TPSA) is 60.5 Å². The van der Waals surface area contributed by atoms with Gasteiger partial charge in [-0.2, -0.15) is 0 Å². The van der Waals surface area contributed by atoms with Crippen molar-refractivity contribution >= 4 is 33.9 Å². The Kier molecular flexibility index (Phi) is 5.81. The third kappa shape index (κ3) is 4.59. The van der Waals surface area contributed by atoms with Gasteiger partial charge < -0.3 is 20.4 Å². The predicted octanol–water partition coefficient (Wildman–Crippen LogP) is 2.99. The molecule has 0 fully saturated rings. The van der Waals surface area contributed by atoms with Crippen molar-refractivity contribution in [2.75, 3.05) is 42.8 Å². The van der Waals surface area contributed by atoms with E-state index < -0.39 is 0 Å². The van der Waals surface area contributed by atoms with E-state index in [1.807, 2.05) is 55.7 Å². The molecule has 6 nitrogen and oxygen atoms in total. The zero-order chi connectivity index (χ0) is 16.8. The number of carbonyl (C=O) groups excluding carboxylic acids is 1. The van der Waals surface area contributed by atoms with Gasteiger partial charge in [0.05, 0.1) is 23.6 Å². The minimum atomic E-state index is -0.235. The maximum Gasteiger partial charge on any atom is 0.319 e. The smallest absolute Gasteiger partial charge is 0.319 e. The first-order valence-electron chi connectivity index (χ1n) is 7.48. The van der Waals surface area contributed by atoms with Gasteiger partial charge in [0.2, 0.25) is 0 Å². The van der Waals surface area contributed by atoms with Crippen LogP contribution in [0.1, 0.15) is 12.6 Å². The first kappa shape index (κ1) is 17.1. The van der Waals surface area contributed by atoms with Gasteiger partial charge in [-0.3, -0.25) is 0 Å². The molecule has 0 unspecified atom stereocenters. The van der Waals surface area contributed by atoms with Crippen LogP contribution in [0.15, 0.2) is 29.6 Å². The molecule has 0 radical (unpaired) electrons. The molecule has 23 heavy (non-hydrogen) atoms. The van der Waals surface area contributed by atoms with Crippen LogP contribution in [0.2, 0.25) is 0 Å². The van der Waals surface area contributed by atoms with Gasteiger partial charge in [-0.1, -0.05) is 12.1 Å². The lowest BCUT2D eigenvalue weighted by Crippen LogP contribution is -2.29. The number of thiazole rings is 1. The maximum atomic E-state index is 12.1. The molecule has 1 aromatic heterocycles. The Balaban J connectivity index is 1.94. The van der Waals surface area contributed by atoms with Crippen LogP contribution >= 0.6 is 11.3 Å². The molecule has 2 rings (SSSR count). The molecular formula is C16H23N5OS. The molecule has 2 aromatic rings. The fourth-order valence-electron chi connectivity index (χ4n) is 2.00. The first-order valence-corrected chi connectivity index (χ1v) is 8.36. The van der Waals surface area contributed by atoms with Crippen molar-refractivity contribution in [3.63, 3.8) is 0 Å². The summed E-state index contributed by atoms with van der Waals surface area (Å²) in [5.41, 5.74) is 2.64. The van der Waals surface area contributed by atoms with E-state index in [0.29, 0.717) is 6.54 Å². The quantitative estimate of drug-likeness (QED) is 0.853. The summed E-state index contributed by atoms with van der Waals surface area (Å²) in [7, 11) is 5.89. The third-order valence-corrected chi connectivity index (χ3v) is 4.45. The normalized spacial score (nSPS) is 10.3. The zero-order valence-corrected chi connectivity index (χ0v) is 14.8. The number of anilines is 3. The number of nitrogens with one attached hydrogen (secondary N) is 2. The number of hydrogen-bond donors (Lipinski definition) is 2. The second-order valence-corrected chi connectivity index (χ2v) is 6.19. The molecular weight excluding hydrogens is 310 g/mol. The lowest BCUT2D eigenvalue weighted by Gasteiger charge is -2.20. The first-order chi connectivity index (χ1) is 11.0. The standard InChI is InChI=1S/C16H23N5OS/c1-5-21(4)14-9-7-6-8-13(14)19-15(22)17-10-12-11-23-16(18-12)20(2)3/h6-9,11H,5,10H2,1-4H3,(H2,17,19,22). The van der Waals surface area contributed by atoms with Crippen LogP contribution in [0.25, 0.3) is 0 Å². The van der Waals surface area contributed by atoms with Crippen molar-refractivity contribution in [1.29, 1.82) is 0 Å². The number of urea groups is 1. The Morgan fingerprint density at radius 2 is 2.00 bits per heavy atom. The molecule has 0 bridgehead atoms. The average Bonchev–Trinajstić information content (AvgIpc) is 3.02. The van der Waals surface area contributed by atoms with Crippen molar-refractivity contribution in [2.45, 2.75) is 13.5 Å². The zero-order valence-electron chi connectivity index (χ0n) is 14.0. The average molecular weight is 333 g/mol. The monoisotopic (exact) mass is 333 g/mol. The van der Waals surface area contributed by atoms with Gasteiger partial charge in [0.1, 0.15) is 0 Å². The van der Waals surface area contributed by atoms with Crippen LogP contribution in [-0.2, 0) is 6.54 Å². The maximum absolute atomic E-state index is 12.1. The molecule has 0 aliphatic rings. The molecule has 7 heteroatoms. The van der Waals surface area contributed by atoms with E-state index in [2.05, 4.69) is 27.4 Å². The minimum absolute atomic E-state index is 0.235. The van der Waals surface area contributed by atoms with Crippen LogP contribution in [-0.4, -0.2) is 38.7 Å². The van der Waals surface area contributed by atoms with E-state index in [4.69, 9.17) is 0 Å². The van der Waals surface area contributed by atoms with Crippen molar-refractivity contribution in [3.05, 3.63) is 35.3 Å². The Morgan fingerprint density at radius 3 is 2.65 bits per heavy atom. The number of hydrogen-bond acceptors (Lipinski definition) is 5. The number of aromatic nitrogens is 1. The molecule has 2 amide bonds.